The Balaban J connectivity index is 1.62. The van der Waals surface area contributed by atoms with Crippen LogP contribution in [0.15, 0.2) is 60.2 Å². The lowest BCUT2D eigenvalue weighted by molar-refractivity contribution is -0.384. The van der Waals surface area contributed by atoms with Crippen molar-refractivity contribution in [1.29, 1.82) is 0 Å². The molecule has 1 aliphatic rings. The summed E-state index contributed by atoms with van der Waals surface area (Å²) in [4.78, 5) is 49.7. The molecule has 0 atom stereocenters. The maximum atomic E-state index is 13.3. The maximum Gasteiger partial charge on any atom is 0.335 e. The number of hydrogen-bond acceptors (Lipinski definition) is 7. The number of urea groups is 1. The van der Waals surface area contributed by atoms with Gasteiger partial charge in [0.25, 0.3) is 17.5 Å². The van der Waals surface area contributed by atoms with Crippen LogP contribution in [0.4, 0.5) is 16.2 Å². The zero-order valence-electron chi connectivity index (χ0n) is 20.6. The Morgan fingerprint density at radius 3 is 2.39 bits per heavy atom. The summed E-state index contributed by atoms with van der Waals surface area (Å²) in [6.45, 7) is 3.71. The van der Waals surface area contributed by atoms with Gasteiger partial charge in [0.2, 0.25) is 0 Å². The van der Waals surface area contributed by atoms with E-state index in [1.807, 2.05) is 13.0 Å². The number of nitro groups is 1. The molecule has 0 spiro atoms. The molecule has 0 aliphatic carbocycles. The molecule has 194 valence electrons. The fourth-order valence-corrected chi connectivity index (χ4v) is 4.21. The first-order valence-corrected chi connectivity index (χ1v) is 11.7. The molecule has 4 amide bonds. The Hall–Kier alpha value is -4.70. The highest BCUT2D eigenvalue weighted by molar-refractivity contribution is 6.39. The second kappa shape index (κ2) is 10.7. The number of methoxy groups -OCH3 is 1. The van der Waals surface area contributed by atoms with Crippen molar-refractivity contribution in [3.05, 3.63) is 97.6 Å². The number of nitro benzene ring substituents is 1. The SMILES string of the molecule is COc1cc(/C=C2\C(=O)NC(=O)N(c3ccc(C)cc3C)C2=O)cc(Cl)c1OCc1ccc([N+](=O)[O-])cc1. The van der Waals surface area contributed by atoms with E-state index < -0.39 is 22.8 Å². The number of hydrogen-bond donors (Lipinski definition) is 1. The van der Waals surface area contributed by atoms with Crippen molar-refractivity contribution in [2.24, 2.45) is 0 Å². The highest BCUT2D eigenvalue weighted by atomic mass is 35.5. The molecule has 1 fully saturated rings. The Bertz CT molecular complexity index is 1500. The van der Waals surface area contributed by atoms with Gasteiger partial charge in [0, 0.05) is 12.1 Å². The summed E-state index contributed by atoms with van der Waals surface area (Å²) in [6.07, 6.45) is 1.31. The fraction of sp³-hybridized carbons (Fsp3) is 0.148. The van der Waals surface area contributed by atoms with E-state index in [-0.39, 0.29) is 34.4 Å². The fourth-order valence-electron chi connectivity index (χ4n) is 3.93. The van der Waals surface area contributed by atoms with Crippen LogP contribution in [0.25, 0.3) is 6.08 Å². The zero-order chi connectivity index (χ0) is 27.6. The van der Waals surface area contributed by atoms with Crippen molar-refractivity contribution in [2.45, 2.75) is 20.5 Å². The van der Waals surface area contributed by atoms with E-state index in [0.29, 0.717) is 22.4 Å². The molecule has 1 saturated heterocycles. The number of halogens is 1. The molecule has 4 rings (SSSR count). The monoisotopic (exact) mass is 535 g/mol. The normalized spacial score (nSPS) is 14.5. The van der Waals surface area contributed by atoms with Gasteiger partial charge in [-0.15, -0.1) is 0 Å². The molecule has 0 aromatic heterocycles. The minimum atomic E-state index is -0.838. The number of aryl methyl sites for hydroxylation is 2. The van der Waals surface area contributed by atoms with Crippen LogP contribution in [0.5, 0.6) is 11.5 Å². The molecule has 3 aromatic rings. The second-order valence-electron chi connectivity index (χ2n) is 8.49. The lowest BCUT2D eigenvalue weighted by atomic mass is 10.0. The highest BCUT2D eigenvalue weighted by Gasteiger charge is 2.37. The van der Waals surface area contributed by atoms with E-state index in [9.17, 15) is 24.5 Å². The molecule has 3 aromatic carbocycles. The van der Waals surface area contributed by atoms with Gasteiger partial charge in [-0.25, -0.2) is 9.69 Å². The molecule has 10 nitrogen and oxygen atoms in total. The van der Waals surface area contributed by atoms with E-state index in [2.05, 4.69) is 5.32 Å². The molecular weight excluding hydrogens is 514 g/mol. The van der Waals surface area contributed by atoms with E-state index in [1.54, 1.807) is 31.2 Å². The predicted molar refractivity (Wildman–Crippen MR) is 140 cm³/mol. The van der Waals surface area contributed by atoms with Crippen molar-refractivity contribution in [3.63, 3.8) is 0 Å². The third-order valence-corrected chi connectivity index (χ3v) is 6.07. The van der Waals surface area contributed by atoms with Gasteiger partial charge >= 0.3 is 6.03 Å². The number of anilines is 1. The Morgan fingerprint density at radius 2 is 1.76 bits per heavy atom. The largest absolute Gasteiger partial charge is 0.493 e. The van der Waals surface area contributed by atoms with Gasteiger partial charge in [-0.05, 0) is 66.9 Å². The van der Waals surface area contributed by atoms with E-state index in [0.717, 1.165) is 10.5 Å². The van der Waals surface area contributed by atoms with E-state index in [4.69, 9.17) is 21.1 Å². The Morgan fingerprint density at radius 1 is 1.05 bits per heavy atom. The first-order chi connectivity index (χ1) is 18.1. The van der Waals surface area contributed by atoms with Crippen molar-refractivity contribution in [1.82, 2.24) is 5.32 Å². The Labute approximate surface area is 222 Å². The minimum Gasteiger partial charge on any atom is -0.493 e. The zero-order valence-corrected chi connectivity index (χ0v) is 21.4. The molecule has 0 radical (unpaired) electrons. The van der Waals surface area contributed by atoms with Gasteiger partial charge < -0.3 is 9.47 Å². The molecule has 0 saturated carbocycles. The number of barbiturate groups is 1. The summed E-state index contributed by atoms with van der Waals surface area (Å²) in [7, 11) is 1.40. The van der Waals surface area contributed by atoms with Crippen molar-refractivity contribution < 1.29 is 28.8 Å². The Kier molecular flexibility index (Phi) is 7.45. The smallest absolute Gasteiger partial charge is 0.335 e. The highest BCUT2D eigenvalue weighted by Crippen LogP contribution is 2.38. The summed E-state index contributed by atoms with van der Waals surface area (Å²) >= 11 is 6.45. The van der Waals surface area contributed by atoms with Crippen LogP contribution in [0.3, 0.4) is 0 Å². The number of nitrogens with zero attached hydrogens (tertiary/aromatic N) is 2. The van der Waals surface area contributed by atoms with Crippen LogP contribution < -0.4 is 19.7 Å². The summed E-state index contributed by atoms with van der Waals surface area (Å²) < 4.78 is 11.2. The van der Waals surface area contributed by atoms with Crippen LogP contribution in [0.2, 0.25) is 5.02 Å². The number of ether oxygens (including phenoxy) is 2. The minimum absolute atomic E-state index is 0.0409. The molecule has 38 heavy (non-hydrogen) atoms. The first kappa shape index (κ1) is 26.4. The lowest BCUT2D eigenvalue weighted by Crippen LogP contribution is -2.54. The molecule has 0 unspecified atom stereocenters. The average molecular weight is 536 g/mol. The molecule has 1 aliphatic heterocycles. The van der Waals surface area contributed by atoms with Gasteiger partial charge in [-0.2, -0.15) is 0 Å². The number of non-ortho nitro benzene ring substituents is 1. The predicted octanol–water partition coefficient (Wildman–Crippen LogP) is 5.12. The van der Waals surface area contributed by atoms with Gasteiger partial charge in [-0.3, -0.25) is 25.0 Å². The third kappa shape index (κ3) is 5.35. The number of rotatable bonds is 7. The van der Waals surface area contributed by atoms with Crippen LogP contribution in [-0.4, -0.2) is 29.9 Å². The topological polar surface area (TPSA) is 128 Å². The van der Waals surface area contributed by atoms with Gasteiger partial charge in [0.05, 0.1) is 22.7 Å². The summed E-state index contributed by atoms with van der Waals surface area (Å²) in [5, 5.41) is 13.2. The van der Waals surface area contributed by atoms with Crippen LogP contribution in [0.1, 0.15) is 22.3 Å². The lowest BCUT2D eigenvalue weighted by Gasteiger charge is -2.27. The molecular formula is C27H22ClN3O7. The third-order valence-electron chi connectivity index (χ3n) is 5.79. The standard InChI is InChI=1S/C27H22ClN3O7/c1-15-4-9-22(16(2)10-15)30-26(33)20(25(32)29-27(30)34)11-18-12-21(28)24(23(13-18)37-3)38-14-17-5-7-19(8-6-17)31(35)36/h4-13H,14H2,1-3H3,(H,29,32,34)/b20-11+. The second-order valence-corrected chi connectivity index (χ2v) is 8.90. The van der Waals surface area contributed by atoms with Crippen molar-refractivity contribution in [3.8, 4) is 11.5 Å². The number of benzene rings is 3. The quantitative estimate of drug-likeness (QED) is 0.192. The van der Waals surface area contributed by atoms with Gasteiger partial charge in [-0.1, -0.05) is 29.3 Å². The van der Waals surface area contributed by atoms with Crippen molar-refractivity contribution in [2.75, 3.05) is 12.0 Å². The van der Waals surface area contributed by atoms with Crippen LogP contribution in [0, 0.1) is 24.0 Å². The molecule has 11 heteroatoms. The summed E-state index contributed by atoms with van der Waals surface area (Å²) in [6, 6.07) is 13.3. The van der Waals surface area contributed by atoms with Crippen LogP contribution >= 0.6 is 11.6 Å². The number of amides is 4. The summed E-state index contributed by atoms with van der Waals surface area (Å²) in [5.41, 5.74) is 2.75. The molecule has 1 heterocycles. The van der Waals surface area contributed by atoms with E-state index >= 15 is 0 Å². The maximum absolute atomic E-state index is 13.3. The summed E-state index contributed by atoms with van der Waals surface area (Å²) in [5.74, 6) is -1.17. The first-order valence-electron chi connectivity index (χ1n) is 11.3. The average Bonchev–Trinajstić information content (AvgIpc) is 2.87. The molecule has 1 N–H and O–H groups in total. The number of carbonyl (C=O) groups excluding carboxylic acids is 3. The van der Waals surface area contributed by atoms with Crippen molar-refractivity contribution >= 4 is 46.9 Å². The van der Waals surface area contributed by atoms with Gasteiger partial charge in [0.15, 0.2) is 11.5 Å². The number of carbonyl (C=O) groups is 3. The number of imide groups is 2. The van der Waals surface area contributed by atoms with Crippen LogP contribution in [-0.2, 0) is 16.2 Å². The van der Waals surface area contributed by atoms with E-state index in [1.165, 1.54) is 37.5 Å². The molecule has 0 bridgehead atoms. The van der Waals surface area contributed by atoms with Gasteiger partial charge in [0.1, 0.15) is 12.2 Å². The number of nitrogens with one attached hydrogen (secondary N) is 1.